The number of aromatic nitrogens is 1. The number of methoxy groups -OCH3 is 1. The lowest BCUT2D eigenvalue weighted by atomic mass is 10.2. The van der Waals surface area contributed by atoms with Crippen LogP contribution < -0.4 is 9.47 Å². The minimum atomic E-state index is -0.769. The molecule has 24 heavy (non-hydrogen) atoms. The summed E-state index contributed by atoms with van der Waals surface area (Å²) in [7, 11) is 1.39. The van der Waals surface area contributed by atoms with Gasteiger partial charge in [-0.2, -0.15) is 0 Å². The molecule has 0 aliphatic rings. The number of para-hydroxylation sites is 1. The number of nitro benzene ring substituents is 1. The molecule has 0 aliphatic heterocycles. The van der Waals surface area contributed by atoms with E-state index in [1.165, 1.54) is 31.4 Å². The number of esters is 1. The zero-order valence-corrected chi connectivity index (χ0v) is 12.6. The molecule has 1 aromatic heterocycles. The van der Waals surface area contributed by atoms with Gasteiger partial charge in [-0.15, -0.1) is 0 Å². The first-order chi connectivity index (χ1) is 11.6. The van der Waals surface area contributed by atoms with Crippen molar-refractivity contribution in [2.75, 3.05) is 7.11 Å². The number of rotatable bonds is 4. The highest BCUT2D eigenvalue weighted by Gasteiger charge is 2.21. The Morgan fingerprint density at radius 2 is 1.92 bits per heavy atom. The lowest BCUT2D eigenvalue weighted by Gasteiger charge is -2.07. The third-order valence-corrected chi connectivity index (χ3v) is 3.37. The van der Waals surface area contributed by atoms with Gasteiger partial charge in [-0.25, -0.2) is 9.78 Å². The van der Waals surface area contributed by atoms with Crippen LogP contribution in [-0.4, -0.2) is 23.0 Å². The maximum absolute atomic E-state index is 12.2. The first-order valence-electron chi connectivity index (χ1n) is 6.99. The fourth-order valence-electron chi connectivity index (χ4n) is 2.19. The topological polar surface area (TPSA) is 91.6 Å². The molecule has 1 heterocycles. The highest BCUT2D eigenvalue weighted by atomic mass is 16.6. The summed E-state index contributed by atoms with van der Waals surface area (Å²) in [5.41, 5.74) is 0.346. The van der Waals surface area contributed by atoms with Gasteiger partial charge in [0.2, 0.25) is 5.75 Å². The van der Waals surface area contributed by atoms with Crippen LogP contribution in [0, 0.1) is 10.1 Å². The number of carbonyl (C=O) groups excluding carboxylic acids is 1. The van der Waals surface area contributed by atoms with E-state index in [9.17, 15) is 14.9 Å². The normalized spacial score (nSPS) is 10.4. The Balaban J connectivity index is 1.92. The number of nitro groups is 1. The van der Waals surface area contributed by atoms with E-state index in [2.05, 4.69) is 4.98 Å². The monoisotopic (exact) mass is 324 g/mol. The van der Waals surface area contributed by atoms with E-state index in [-0.39, 0.29) is 17.1 Å². The Morgan fingerprint density at radius 1 is 1.12 bits per heavy atom. The first-order valence-corrected chi connectivity index (χ1v) is 6.99. The Labute approximate surface area is 136 Å². The fourth-order valence-corrected chi connectivity index (χ4v) is 2.19. The molecule has 0 radical (unpaired) electrons. The number of nitrogens with zero attached hydrogens (tertiary/aromatic N) is 2. The molecule has 0 amide bonds. The van der Waals surface area contributed by atoms with E-state index in [1.807, 2.05) is 12.1 Å². The average molecular weight is 324 g/mol. The van der Waals surface area contributed by atoms with Gasteiger partial charge >= 0.3 is 11.7 Å². The predicted octanol–water partition coefficient (Wildman–Crippen LogP) is 3.37. The van der Waals surface area contributed by atoms with E-state index >= 15 is 0 Å². The summed E-state index contributed by atoms with van der Waals surface area (Å²) in [6.45, 7) is 0. The molecule has 0 N–H and O–H groups in total. The number of carbonyl (C=O) groups is 1. The van der Waals surface area contributed by atoms with Crippen LogP contribution in [0.2, 0.25) is 0 Å². The van der Waals surface area contributed by atoms with Crippen molar-refractivity contribution < 1.29 is 19.2 Å². The average Bonchev–Trinajstić information content (AvgIpc) is 2.61. The summed E-state index contributed by atoms with van der Waals surface area (Å²) in [4.78, 5) is 26.9. The van der Waals surface area contributed by atoms with Crippen molar-refractivity contribution >= 4 is 22.6 Å². The standard InChI is InChI=1S/C17H12N2O5/c1-23-12-7-9-16(15(10-12)19(21)22)24-17(20)14-8-6-11-4-2-3-5-13(11)18-14/h2-10H,1H3. The Morgan fingerprint density at radius 3 is 2.67 bits per heavy atom. The van der Waals surface area contributed by atoms with Gasteiger partial charge in [0.05, 0.1) is 23.6 Å². The van der Waals surface area contributed by atoms with Crippen molar-refractivity contribution in [3.8, 4) is 11.5 Å². The lowest BCUT2D eigenvalue weighted by Crippen LogP contribution is -2.11. The summed E-state index contributed by atoms with van der Waals surface area (Å²) >= 11 is 0. The molecule has 7 heteroatoms. The van der Waals surface area contributed by atoms with Crippen LogP contribution >= 0.6 is 0 Å². The van der Waals surface area contributed by atoms with Crippen molar-refractivity contribution in [2.45, 2.75) is 0 Å². The second-order valence-electron chi connectivity index (χ2n) is 4.87. The lowest BCUT2D eigenvalue weighted by molar-refractivity contribution is -0.385. The second kappa shape index (κ2) is 6.33. The van der Waals surface area contributed by atoms with Crippen molar-refractivity contribution in [3.63, 3.8) is 0 Å². The number of benzene rings is 2. The molecule has 2 aromatic carbocycles. The number of ether oxygens (including phenoxy) is 2. The molecule has 0 saturated heterocycles. The number of hydrogen-bond acceptors (Lipinski definition) is 6. The summed E-state index contributed by atoms with van der Waals surface area (Å²) in [5.74, 6) is -0.639. The zero-order chi connectivity index (χ0) is 17.1. The van der Waals surface area contributed by atoms with Gasteiger partial charge in [-0.3, -0.25) is 10.1 Å². The van der Waals surface area contributed by atoms with E-state index < -0.39 is 10.9 Å². The van der Waals surface area contributed by atoms with Gasteiger partial charge in [0.15, 0.2) is 0 Å². The molecule has 0 spiro atoms. The molecule has 0 unspecified atom stereocenters. The van der Waals surface area contributed by atoms with Gasteiger partial charge in [0.25, 0.3) is 0 Å². The summed E-state index contributed by atoms with van der Waals surface area (Å²) < 4.78 is 10.1. The van der Waals surface area contributed by atoms with Gasteiger partial charge in [-0.05, 0) is 24.3 Å². The van der Waals surface area contributed by atoms with Gasteiger partial charge in [-0.1, -0.05) is 24.3 Å². The van der Waals surface area contributed by atoms with Crippen LogP contribution in [0.3, 0.4) is 0 Å². The van der Waals surface area contributed by atoms with Crippen molar-refractivity contribution in [1.29, 1.82) is 0 Å². The maximum Gasteiger partial charge on any atom is 0.362 e. The molecule has 0 bridgehead atoms. The van der Waals surface area contributed by atoms with E-state index in [1.54, 1.807) is 18.2 Å². The summed E-state index contributed by atoms with van der Waals surface area (Å²) in [6, 6.07) is 14.5. The third-order valence-electron chi connectivity index (χ3n) is 3.37. The minimum Gasteiger partial charge on any atom is -0.496 e. The second-order valence-corrected chi connectivity index (χ2v) is 4.87. The molecular formula is C17H12N2O5. The molecular weight excluding hydrogens is 312 g/mol. The van der Waals surface area contributed by atoms with Crippen LogP contribution in [0.1, 0.15) is 10.5 Å². The molecule has 0 atom stereocenters. The highest BCUT2D eigenvalue weighted by Crippen LogP contribution is 2.31. The largest absolute Gasteiger partial charge is 0.496 e. The van der Waals surface area contributed by atoms with Crippen LogP contribution in [0.15, 0.2) is 54.6 Å². The Bertz CT molecular complexity index is 939. The van der Waals surface area contributed by atoms with E-state index in [0.717, 1.165) is 5.39 Å². The first kappa shape index (κ1) is 15.4. The SMILES string of the molecule is COc1ccc(OC(=O)c2ccc3ccccc3n2)c([N+](=O)[O-])c1. The zero-order valence-electron chi connectivity index (χ0n) is 12.6. The van der Waals surface area contributed by atoms with Crippen molar-refractivity contribution in [2.24, 2.45) is 0 Å². The van der Waals surface area contributed by atoms with Gasteiger partial charge in [0, 0.05) is 5.39 Å². The minimum absolute atomic E-state index is 0.0683. The molecule has 7 nitrogen and oxygen atoms in total. The number of hydrogen-bond donors (Lipinski definition) is 0. The van der Waals surface area contributed by atoms with Crippen LogP contribution in [0.25, 0.3) is 10.9 Å². The van der Waals surface area contributed by atoms with Gasteiger partial charge < -0.3 is 9.47 Å². The Hall–Kier alpha value is -3.48. The number of pyridine rings is 1. The molecule has 0 fully saturated rings. The quantitative estimate of drug-likeness (QED) is 0.316. The number of fused-ring (bicyclic) bond motifs is 1. The van der Waals surface area contributed by atoms with Crippen LogP contribution in [0.5, 0.6) is 11.5 Å². The van der Waals surface area contributed by atoms with Crippen LogP contribution in [0.4, 0.5) is 5.69 Å². The van der Waals surface area contributed by atoms with Crippen molar-refractivity contribution in [3.05, 3.63) is 70.4 Å². The molecule has 3 aromatic rings. The highest BCUT2D eigenvalue weighted by molar-refractivity contribution is 5.92. The predicted molar refractivity (Wildman–Crippen MR) is 86.3 cm³/mol. The Kier molecular flexibility index (Phi) is 4.07. The molecule has 3 rings (SSSR count). The molecule has 0 aliphatic carbocycles. The maximum atomic E-state index is 12.2. The fraction of sp³-hybridized carbons (Fsp3) is 0.0588. The summed E-state index contributed by atoms with van der Waals surface area (Å²) in [5, 5.41) is 12.0. The molecule has 0 saturated carbocycles. The smallest absolute Gasteiger partial charge is 0.362 e. The summed E-state index contributed by atoms with van der Waals surface area (Å²) in [6.07, 6.45) is 0. The molecule has 120 valence electrons. The van der Waals surface area contributed by atoms with E-state index in [4.69, 9.17) is 9.47 Å². The van der Waals surface area contributed by atoms with Gasteiger partial charge in [0.1, 0.15) is 11.4 Å². The van der Waals surface area contributed by atoms with Crippen molar-refractivity contribution in [1.82, 2.24) is 4.98 Å². The third kappa shape index (κ3) is 3.00. The van der Waals surface area contributed by atoms with E-state index in [0.29, 0.717) is 11.3 Å². The van der Waals surface area contributed by atoms with Crippen LogP contribution in [-0.2, 0) is 0 Å².